The number of phenols is 1. The van der Waals surface area contributed by atoms with Gasteiger partial charge in [0, 0.05) is 28.1 Å². The molecule has 4 rings (SSSR count). The van der Waals surface area contributed by atoms with Crippen molar-refractivity contribution in [3.8, 4) is 28.6 Å². The van der Waals surface area contributed by atoms with E-state index in [-0.39, 0.29) is 17.4 Å². The second-order valence-electron chi connectivity index (χ2n) is 7.10. The van der Waals surface area contributed by atoms with Crippen LogP contribution in [0.25, 0.3) is 17.1 Å². The van der Waals surface area contributed by atoms with Crippen LogP contribution in [0.5, 0.6) is 11.5 Å². The number of nitrogens with zero attached hydrogens (tertiary/aromatic N) is 5. The normalized spacial score (nSPS) is 11.0. The Morgan fingerprint density at radius 1 is 1.17 bits per heavy atom. The Morgan fingerprint density at radius 3 is 2.69 bits per heavy atom. The van der Waals surface area contributed by atoms with E-state index in [1.165, 1.54) is 24.0 Å². The summed E-state index contributed by atoms with van der Waals surface area (Å²) in [6.45, 7) is 2.26. The first-order valence-corrected chi connectivity index (χ1v) is 12.3. The monoisotopic (exact) mass is 552 g/mol. The molecule has 0 radical (unpaired) electrons. The number of halogens is 1. The molecule has 1 amide bonds. The van der Waals surface area contributed by atoms with E-state index in [9.17, 15) is 9.90 Å². The predicted molar refractivity (Wildman–Crippen MR) is 138 cm³/mol. The summed E-state index contributed by atoms with van der Waals surface area (Å²) in [5, 5.41) is 23.0. The van der Waals surface area contributed by atoms with Crippen molar-refractivity contribution in [1.29, 1.82) is 0 Å². The van der Waals surface area contributed by atoms with Crippen molar-refractivity contribution in [2.24, 2.45) is 5.10 Å². The second kappa shape index (κ2) is 11.6. The average molecular weight is 553 g/mol. The number of carbonyl (C=O) groups excluding carboxylic acids is 1. The molecule has 35 heavy (non-hydrogen) atoms. The Morgan fingerprint density at radius 2 is 1.94 bits per heavy atom. The number of hydrazone groups is 1. The lowest BCUT2D eigenvalue weighted by atomic mass is 10.2. The predicted octanol–water partition coefficient (Wildman–Crippen LogP) is 4.44. The zero-order valence-electron chi connectivity index (χ0n) is 18.6. The number of aromatic hydroxyl groups is 1. The average Bonchev–Trinajstić information content (AvgIpc) is 3.30. The minimum Gasteiger partial charge on any atom is -0.504 e. The van der Waals surface area contributed by atoms with Crippen molar-refractivity contribution in [2.75, 3.05) is 12.4 Å². The fourth-order valence-corrected chi connectivity index (χ4v) is 4.11. The number of hydrogen-bond donors (Lipinski definition) is 2. The maximum absolute atomic E-state index is 12.4. The summed E-state index contributed by atoms with van der Waals surface area (Å²) < 4.78 is 8.21. The van der Waals surface area contributed by atoms with Crippen molar-refractivity contribution in [3.05, 3.63) is 77.0 Å². The zero-order chi connectivity index (χ0) is 24.6. The molecule has 0 saturated carbocycles. The Bertz CT molecular complexity index is 1330. The number of pyridine rings is 1. The molecule has 0 bridgehead atoms. The number of amides is 1. The Kier molecular flexibility index (Phi) is 8.11. The molecule has 0 aliphatic carbocycles. The quantitative estimate of drug-likeness (QED) is 0.179. The van der Waals surface area contributed by atoms with E-state index in [0.29, 0.717) is 28.9 Å². The highest BCUT2D eigenvalue weighted by atomic mass is 79.9. The topological polar surface area (TPSA) is 115 Å². The van der Waals surface area contributed by atoms with Gasteiger partial charge >= 0.3 is 0 Å². The molecule has 9 nitrogen and oxygen atoms in total. The van der Waals surface area contributed by atoms with Crippen LogP contribution in [0.15, 0.2) is 81.7 Å². The van der Waals surface area contributed by atoms with Gasteiger partial charge in [0.25, 0.3) is 5.91 Å². The zero-order valence-corrected chi connectivity index (χ0v) is 21.0. The maximum atomic E-state index is 12.4. The van der Waals surface area contributed by atoms with Crippen LogP contribution in [0.4, 0.5) is 0 Å². The minimum atomic E-state index is -0.300. The number of thioether (sulfide) groups is 1. The van der Waals surface area contributed by atoms with E-state index in [1.54, 1.807) is 24.5 Å². The molecule has 0 fully saturated rings. The van der Waals surface area contributed by atoms with Crippen LogP contribution in [-0.2, 0) is 4.79 Å². The molecule has 2 aromatic heterocycles. The van der Waals surface area contributed by atoms with Crippen molar-refractivity contribution in [3.63, 3.8) is 0 Å². The molecular weight excluding hydrogens is 532 g/mol. The van der Waals surface area contributed by atoms with Crippen LogP contribution in [0.3, 0.4) is 0 Å². The SMILES string of the molecule is CCOc1cc(/C=N/NC(=O)CSc2nnc(-c3ccncc3)n2-c2ccc(Br)cc2)ccc1O. The molecule has 4 aromatic rings. The summed E-state index contributed by atoms with van der Waals surface area (Å²) >= 11 is 4.71. The number of ether oxygens (including phenoxy) is 1. The first kappa shape index (κ1) is 24.4. The van der Waals surface area contributed by atoms with E-state index < -0.39 is 0 Å². The number of benzene rings is 2. The number of rotatable bonds is 9. The number of nitrogens with one attached hydrogen (secondary N) is 1. The third kappa shape index (κ3) is 6.25. The van der Waals surface area contributed by atoms with Crippen LogP contribution < -0.4 is 10.2 Å². The fraction of sp³-hybridized carbons (Fsp3) is 0.125. The molecule has 0 saturated heterocycles. The summed E-state index contributed by atoms with van der Waals surface area (Å²) in [5.74, 6) is 0.835. The van der Waals surface area contributed by atoms with E-state index in [0.717, 1.165) is 15.7 Å². The first-order valence-electron chi connectivity index (χ1n) is 10.6. The highest BCUT2D eigenvalue weighted by Gasteiger charge is 2.17. The van der Waals surface area contributed by atoms with E-state index in [1.807, 2.05) is 47.9 Å². The van der Waals surface area contributed by atoms with Gasteiger partial charge in [-0.05, 0) is 67.1 Å². The van der Waals surface area contributed by atoms with Gasteiger partial charge in [0.15, 0.2) is 22.5 Å². The highest BCUT2D eigenvalue weighted by Crippen LogP contribution is 2.28. The van der Waals surface area contributed by atoms with E-state index in [2.05, 4.69) is 41.6 Å². The van der Waals surface area contributed by atoms with Gasteiger partial charge in [-0.25, -0.2) is 5.43 Å². The van der Waals surface area contributed by atoms with Crippen molar-refractivity contribution >= 4 is 39.8 Å². The first-order chi connectivity index (χ1) is 17.0. The molecule has 0 unspecified atom stereocenters. The third-order valence-electron chi connectivity index (χ3n) is 4.68. The standard InChI is InChI=1S/C24H21BrN6O3S/c1-2-34-21-13-16(3-8-20(21)32)14-27-28-22(33)15-35-24-30-29-23(17-9-11-26-12-10-17)31(24)19-6-4-18(25)5-7-19/h3-14,32H,2,15H2,1H3,(H,28,33)/b27-14+. The molecule has 0 spiro atoms. The molecule has 2 aromatic carbocycles. The van der Waals surface area contributed by atoms with Crippen molar-refractivity contribution in [1.82, 2.24) is 25.2 Å². The molecule has 2 heterocycles. The summed E-state index contributed by atoms with van der Waals surface area (Å²) in [6.07, 6.45) is 4.87. The lowest BCUT2D eigenvalue weighted by molar-refractivity contribution is -0.118. The lowest BCUT2D eigenvalue weighted by Crippen LogP contribution is -2.20. The molecule has 2 N–H and O–H groups in total. The van der Waals surface area contributed by atoms with Gasteiger partial charge < -0.3 is 9.84 Å². The number of phenolic OH excluding ortho intramolecular Hbond substituents is 1. The van der Waals surface area contributed by atoms with Crippen LogP contribution >= 0.6 is 27.7 Å². The number of aromatic nitrogens is 4. The molecule has 0 aliphatic heterocycles. The largest absolute Gasteiger partial charge is 0.504 e. The minimum absolute atomic E-state index is 0.0467. The van der Waals surface area contributed by atoms with E-state index in [4.69, 9.17) is 4.74 Å². The maximum Gasteiger partial charge on any atom is 0.250 e. The Labute approximate surface area is 214 Å². The summed E-state index contributed by atoms with van der Waals surface area (Å²) in [6, 6.07) is 16.3. The molecular formula is C24H21BrN6O3S. The summed E-state index contributed by atoms with van der Waals surface area (Å²) in [7, 11) is 0. The van der Waals surface area contributed by atoms with Crippen LogP contribution in [0, 0.1) is 0 Å². The molecule has 0 aliphatic rings. The van der Waals surface area contributed by atoms with Gasteiger partial charge in [-0.1, -0.05) is 27.7 Å². The van der Waals surface area contributed by atoms with Crippen LogP contribution in [-0.4, -0.2) is 49.3 Å². The molecule has 0 atom stereocenters. The third-order valence-corrected chi connectivity index (χ3v) is 6.13. The van der Waals surface area contributed by atoms with Gasteiger partial charge in [0.2, 0.25) is 0 Å². The second-order valence-corrected chi connectivity index (χ2v) is 8.95. The van der Waals surface area contributed by atoms with Crippen molar-refractivity contribution < 1.29 is 14.6 Å². The van der Waals surface area contributed by atoms with Gasteiger partial charge in [-0.15, -0.1) is 10.2 Å². The van der Waals surface area contributed by atoms with Gasteiger partial charge in [-0.2, -0.15) is 5.10 Å². The Hall–Kier alpha value is -3.70. The van der Waals surface area contributed by atoms with Gasteiger partial charge in [0.05, 0.1) is 18.6 Å². The Balaban J connectivity index is 1.46. The smallest absolute Gasteiger partial charge is 0.250 e. The van der Waals surface area contributed by atoms with Gasteiger partial charge in [-0.3, -0.25) is 14.3 Å². The van der Waals surface area contributed by atoms with Crippen molar-refractivity contribution in [2.45, 2.75) is 12.1 Å². The number of carbonyl (C=O) groups is 1. The van der Waals surface area contributed by atoms with E-state index >= 15 is 0 Å². The van der Waals surface area contributed by atoms with Crippen LogP contribution in [0.2, 0.25) is 0 Å². The van der Waals surface area contributed by atoms with Gasteiger partial charge in [0.1, 0.15) is 0 Å². The fourth-order valence-electron chi connectivity index (χ4n) is 3.10. The number of hydrogen-bond acceptors (Lipinski definition) is 8. The lowest BCUT2D eigenvalue weighted by Gasteiger charge is -2.10. The molecule has 11 heteroatoms. The highest BCUT2D eigenvalue weighted by molar-refractivity contribution is 9.10. The summed E-state index contributed by atoms with van der Waals surface area (Å²) in [5.41, 5.74) is 4.91. The summed E-state index contributed by atoms with van der Waals surface area (Å²) in [4.78, 5) is 16.5. The van der Waals surface area contributed by atoms with Crippen LogP contribution in [0.1, 0.15) is 12.5 Å². The molecule has 178 valence electrons.